The minimum Gasteiger partial charge on any atom is -0.311 e. The molecule has 1 spiro atoms. The zero-order valence-electron chi connectivity index (χ0n) is 12.5. The normalized spacial score (nSPS) is 28.0. The summed E-state index contributed by atoms with van der Waals surface area (Å²) in [5, 5.41) is 3.83. The molecule has 2 aliphatic rings. The van der Waals surface area contributed by atoms with Gasteiger partial charge in [-0.3, -0.25) is 4.90 Å². The maximum Gasteiger partial charge on any atom is 0.0334 e. The highest BCUT2D eigenvalue weighted by Gasteiger charge is 2.42. The van der Waals surface area contributed by atoms with Crippen LogP contribution in [0.1, 0.15) is 71.6 Å². The lowest BCUT2D eigenvalue weighted by Crippen LogP contribution is -2.63. The lowest BCUT2D eigenvalue weighted by molar-refractivity contribution is 0.0396. The van der Waals surface area contributed by atoms with Crippen LogP contribution in [0, 0.1) is 0 Å². The van der Waals surface area contributed by atoms with Crippen LogP contribution in [0.4, 0.5) is 0 Å². The summed E-state index contributed by atoms with van der Waals surface area (Å²) in [5.41, 5.74) is 0.540. The maximum absolute atomic E-state index is 3.83. The molecule has 106 valence electrons. The van der Waals surface area contributed by atoms with E-state index in [1.54, 1.807) is 0 Å². The first-order valence-electron chi connectivity index (χ1n) is 8.29. The number of hydrogen-bond acceptors (Lipinski definition) is 2. The van der Waals surface area contributed by atoms with E-state index >= 15 is 0 Å². The largest absolute Gasteiger partial charge is 0.311 e. The third-order valence-corrected chi connectivity index (χ3v) is 5.03. The lowest BCUT2D eigenvalue weighted by atomic mass is 9.89. The minimum absolute atomic E-state index is 0.540. The van der Waals surface area contributed by atoms with E-state index in [0.717, 1.165) is 6.04 Å². The van der Waals surface area contributed by atoms with Gasteiger partial charge in [0.1, 0.15) is 0 Å². The summed E-state index contributed by atoms with van der Waals surface area (Å²) in [4.78, 5) is 2.87. The van der Waals surface area contributed by atoms with Gasteiger partial charge in [-0.1, -0.05) is 46.0 Å². The van der Waals surface area contributed by atoms with Gasteiger partial charge in [-0.2, -0.15) is 0 Å². The van der Waals surface area contributed by atoms with Gasteiger partial charge >= 0.3 is 0 Å². The van der Waals surface area contributed by atoms with Crippen molar-refractivity contribution in [1.29, 1.82) is 0 Å². The average Bonchev–Trinajstić information content (AvgIpc) is 2.84. The Morgan fingerprint density at radius 2 is 1.89 bits per heavy atom. The van der Waals surface area contributed by atoms with Gasteiger partial charge in [-0.05, 0) is 32.2 Å². The van der Waals surface area contributed by atoms with Crippen LogP contribution in [-0.2, 0) is 0 Å². The van der Waals surface area contributed by atoms with Crippen molar-refractivity contribution in [2.45, 2.75) is 83.2 Å². The minimum atomic E-state index is 0.540. The highest BCUT2D eigenvalue weighted by atomic mass is 15.3. The summed E-state index contributed by atoms with van der Waals surface area (Å²) in [6.45, 7) is 8.52. The molecule has 0 aromatic carbocycles. The van der Waals surface area contributed by atoms with Gasteiger partial charge in [0, 0.05) is 24.7 Å². The first-order chi connectivity index (χ1) is 8.80. The standard InChI is InChI=1S/C16H32N2/c1-3-5-8-12-18-13-15(9-4-2)17-14-16(18)10-6-7-11-16/h15,17H,3-14H2,1-2H3. The quantitative estimate of drug-likeness (QED) is 0.727. The van der Waals surface area contributed by atoms with E-state index in [2.05, 4.69) is 24.1 Å². The molecule has 1 saturated carbocycles. The molecule has 0 bridgehead atoms. The lowest BCUT2D eigenvalue weighted by Gasteiger charge is -2.48. The Balaban J connectivity index is 1.92. The molecule has 1 saturated heterocycles. The molecule has 2 nitrogen and oxygen atoms in total. The molecule has 0 radical (unpaired) electrons. The van der Waals surface area contributed by atoms with E-state index in [9.17, 15) is 0 Å². The van der Waals surface area contributed by atoms with Crippen molar-refractivity contribution in [1.82, 2.24) is 10.2 Å². The first kappa shape index (κ1) is 14.3. The summed E-state index contributed by atoms with van der Waals surface area (Å²) in [5.74, 6) is 0. The van der Waals surface area contributed by atoms with Crippen molar-refractivity contribution < 1.29 is 0 Å². The van der Waals surface area contributed by atoms with Crippen LogP contribution in [0.15, 0.2) is 0 Å². The van der Waals surface area contributed by atoms with E-state index in [0.29, 0.717) is 5.54 Å². The van der Waals surface area contributed by atoms with E-state index in [1.807, 2.05) is 0 Å². The molecule has 18 heavy (non-hydrogen) atoms. The molecule has 1 aliphatic heterocycles. The maximum atomic E-state index is 3.83. The van der Waals surface area contributed by atoms with Crippen molar-refractivity contribution in [2.24, 2.45) is 0 Å². The predicted octanol–water partition coefficient (Wildman–Crippen LogP) is 3.56. The number of piperazine rings is 1. The van der Waals surface area contributed by atoms with Crippen molar-refractivity contribution in [2.75, 3.05) is 19.6 Å². The molecule has 2 rings (SSSR count). The third kappa shape index (κ3) is 3.27. The molecule has 2 heteroatoms. The van der Waals surface area contributed by atoms with Crippen LogP contribution in [-0.4, -0.2) is 36.1 Å². The predicted molar refractivity (Wildman–Crippen MR) is 79.0 cm³/mol. The zero-order chi connectivity index (χ0) is 12.8. The molecule has 1 heterocycles. The smallest absolute Gasteiger partial charge is 0.0334 e. The zero-order valence-corrected chi connectivity index (χ0v) is 12.5. The number of hydrogen-bond donors (Lipinski definition) is 1. The van der Waals surface area contributed by atoms with E-state index in [-0.39, 0.29) is 0 Å². The van der Waals surface area contributed by atoms with Gasteiger partial charge in [-0.15, -0.1) is 0 Å². The van der Waals surface area contributed by atoms with Crippen LogP contribution < -0.4 is 5.32 Å². The fourth-order valence-electron chi connectivity index (χ4n) is 3.92. The Labute approximate surface area is 114 Å². The van der Waals surface area contributed by atoms with E-state index in [4.69, 9.17) is 0 Å². The SMILES string of the molecule is CCCCCN1CC(CCC)NCC12CCCC2. The summed E-state index contributed by atoms with van der Waals surface area (Å²) >= 11 is 0. The molecule has 1 N–H and O–H groups in total. The van der Waals surface area contributed by atoms with Gasteiger partial charge in [-0.25, -0.2) is 0 Å². The van der Waals surface area contributed by atoms with Crippen molar-refractivity contribution in [3.05, 3.63) is 0 Å². The molecule has 1 atom stereocenters. The summed E-state index contributed by atoms with van der Waals surface area (Å²) in [6.07, 6.45) is 12.6. The monoisotopic (exact) mass is 252 g/mol. The topological polar surface area (TPSA) is 15.3 Å². The summed E-state index contributed by atoms with van der Waals surface area (Å²) in [7, 11) is 0. The number of unbranched alkanes of at least 4 members (excludes halogenated alkanes) is 2. The van der Waals surface area contributed by atoms with Crippen LogP contribution in [0.25, 0.3) is 0 Å². The summed E-state index contributed by atoms with van der Waals surface area (Å²) in [6, 6.07) is 0.753. The second-order valence-electron chi connectivity index (χ2n) is 6.45. The van der Waals surface area contributed by atoms with Crippen molar-refractivity contribution in [3.8, 4) is 0 Å². The highest BCUT2D eigenvalue weighted by Crippen LogP contribution is 2.37. The van der Waals surface area contributed by atoms with Gasteiger partial charge in [0.15, 0.2) is 0 Å². The molecule has 0 aromatic rings. The molecule has 2 fully saturated rings. The van der Waals surface area contributed by atoms with Gasteiger partial charge in [0.05, 0.1) is 0 Å². The summed E-state index contributed by atoms with van der Waals surface area (Å²) < 4.78 is 0. The van der Waals surface area contributed by atoms with Crippen LogP contribution in [0.2, 0.25) is 0 Å². The average molecular weight is 252 g/mol. The molecule has 0 aromatic heterocycles. The molecular weight excluding hydrogens is 220 g/mol. The van der Waals surface area contributed by atoms with Gasteiger partial charge in [0.2, 0.25) is 0 Å². The second-order valence-corrected chi connectivity index (χ2v) is 6.45. The van der Waals surface area contributed by atoms with E-state index < -0.39 is 0 Å². The Kier molecular flexibility index (Phi) is 5.50. The van der Waals surface area contributed by atoms with Crippen molar-refractivity contribution in [3.63, 3.8) is 0 Å². The molecule has 0 amide bonds. The van der Waals surface area contributed by atoms with Gasteiger partial charge < -0.3 is 5.32 Å². The number of rotatable bonds is 6. The Bertz CT molecular complexity index is 233. The number of nitrogens with one attached hydrogen (secondary N) is 1. The third-order valence-electron chi connectivity index (χ3n) is 5.03. The number of nitrogens with zero attached hydrogens (tertiary/aromatic N) is 1. The van der Waals surface area contributed by atoms with E-state index in [1.165, 1.54) is 77.4 Å². The fourth-order valence-corrected chi connectivity index (χ4v) is 3.92. The van der Waals surface area contributed by atoms with Crippen molar-refractivity contribution >= 4 is 0 Å². The Morgan fingerprint density at radius 3 is 2.56 bits per heavy atom. The Hall–Kier alpha value is -0.0800. The first-order valence-corrected chi connectivity index (χ1v) is 8.29. The van der Waals surface area contributed by atoms with Crippen LogP contribution >= 0.6 is 0 Å². The molecule has 1 aliphatic carbocycles. The van der Waals surface area contributed by atoms with Gasteiger partial charge in [0.25, 0.3) is 0 Å². The highest BCUT2D eigenvalue weighted by molar-refractivity contribution is 5.01. The fraction of sp³-hybridized carbons (Fsp3) is 1.00. The van der Waals surface area contributed by atoms with Crippen LogP contribution in [0.3, 0.4) is 0 Å². The Morgan fingerprint density at radius 1 is 1.11 bits per heavy atom. The van der Waals surface area contributed by atoms with Crippen LogP contribution in [0.5, 0.6) is 0 Å². The second kappa shape index (κ2) is 6.91. The molecule has 1 unspecified atom stereocenters. The molecular formula is C16H32N2.